The predicted octanol–water partition coefficient (Wildman–Crippen LogP) is 4.54. The number of nitrogens with one attached hydrogen (secondary N) is 1. The Kier molecular flexibility index (Phi) is 4.63. The summed E-state index contributed by atoms with van der Waals surface area (Å²) < 4.78 is 13.6. The van der Waals surface area contributed by atoms with Crippen molar-refractivity contribution in [1.82, 2.24) is 5.32 Å². The van der Waals surface area contributed by atoms with Gasteiger partial charge >= 0.3 is 0 Å². The molecule has 0 aliphatic heterocycles. The van der Waals surface area contributed by atoms with E-state index in [0.29, 0.717) is 22.5 Å². The van der Waals surface area contributed by atoms with Crippen LogP contribution in [-0.4, -0.2) is 6.54 Å². The average Bonchev–Trinajstić information content (AvgIpc) is 2.82. The molecule has 1 aliphatic rings. The highest BCUT2D eigenvalue weighted by Gasteiger charge is 2.31. The highest BCUT2D eigenvalue weighted by Crippen LogP contribution is 2.40. The van der Waals surface area contributed by atoms with Crippen LogP contribution in [0.5, 0.6) is 0 Å². The SMILES string of the molecule is CCC1(CNCc2c(F)cccc2Cl)CCCC1. The normalized spacial score (nSPS) is 18.2. The van der Waals surface area contributed by atoms with E-state index >= 15 is 0 Å². The quantitative estimate of drug-likeness (QED) is 0.828. The van der Waals surface area contributed by atoms with Gasteiger partial charge in [0.25, 0.3) is 0 Å². The molecule has 1 fully saturated rings. The van der Waals surface area contributed by atoms with E-state index in [9.17, 15) is 4.39 Å². The Labute approximate surface area is 114 Å². The van der Waals surface area contributed by atoms with Crippen molar-refractivity contribution in [2.75, 3.05) is 6.54 Å². The maximum absolute atomic E-state index is 13.6. The summed E-state index contributed by atoms with van der Waals surface area (Å²) in [4.78, 5) is 0. The number of hydrogen-bond donors (Lipinski definition) is 1. The summed E-state index contributed by atoms with van der Waals surface area (Å²) in [6.45, 7) is 3.74. The maximum Gasteiger partial charge on any atom is 0.129 e. The monoisotopic (exact) mass is 269 g/mol. The number of hydrogen-bond acceptors (Lipinski definition) is 1. The minimum Gasteiger partial charge on any atom is -0.312 e. The lowest BCUT2D eigenvalue weighted by Gasteiger charge is -2.28. The molecular formula is C15H21ClFN. The van der Waals surface area contributed by atoms with Gasteiger partial charge in [-0.1, -0.05) is 37.4 Å². The third-order valence-electron chi connectivity index (χ3n) is 4.28. The van der Waals surface area contributed by atoms with E-state index in [1.807, 2.05) is 0 Å². The Hall–Kier alpha value is -0.600. The van der Waals surface area contributed by atoms with E-state index in [2.05, 4.69) is 12.2 Å². The van der Waals surface area contributed by atoms with E-state index in [0.717, 1.165) is 6.54 Å². The minimum atomic E-state index is -0.216. The van der Waals surface area contributed by atoms with Gasteiger partial charge in [-0.15, -0.1) is 0 Å². The molecule has 1 aromatic rings. The van der Waals surface area contributed by atoms with Crippen LogP contribution in [0.1, 0.15) is 44.6 Å². The zero-order valence-electron chi connectivity index (χ0n) is 10.9. The zero-order chi connectivity index (χ0) is 13.0. The van der Waals surface area contributed by atoms with E-state index < -0.39 is 0 Å². The van der Waals surface area contributed by atoms with Crippen molar-refractivity contribution < 1.29 is 4.39 Å². The molecule has 1 nitrogen and oxygen atoms in total. The molecule has 1 saturated carbocycles. The van der Waals surface area contributed by atoms with E-state index in [-0.39, 0.29) is 5.82 Å². The summed E-state index contributed by atoms with van der Waals surface area (Å²) in [5, 5.41) is 3.91. The van der Waals surface area contributed by atoms with Crippen molar-refractivity contribution in [3.8, 4) is 0 Å². The van der Waals surface area contributed by atoms with Crippen LogP contribution in [-0.2, 0) is 6.54 Å². The van der Waals surface area contributed by atoms with Gasteiger partial charge in [-0.05, 0) is 36.8 Å². The molecule has 0 spiro atoms. The summed E-state index contributed by atoms with van der Waals surface area (Å²) in [7, 11) is 0. The summed E-state index contributed by atoms with van der Waals surface area (Å²) >= 11 is 6.01. The molecule has 0 aromatic heterocycles. The van der Waals surface area contributed by atoms with Crippen LogP contribution in [0.4, 0.5) is 4.39 Å². The van der Waals surface area contributed by atoms with Gasteiger partial charge in [-0.2, -0.15) is 0 Å². The smallest absolute Gasteiger partial charge is 0.129 e. The van der Waals surface area contributed by atoms with Crippen molar-refractivity contribution in [3.05, 3.63) is 34.6 Å². The number of rotatable bonds is 5. The molecule has 1 aliphatic carbocycles. The highest BCUT2D eigenvalue weighted by atomic mass is 35.5. The third kappa shape index (κ3) is 3.04. The fourth-order valence-electron chi connectivity index (χ4n) is 2.93. The second-order valence-corrected chi connectivity index (χ2v) is 5.77. The number of halogens is 2. The molecule has 0 unspecified atom stereocenters. The van der Waals surface area contributed by atoms with Gasteiger partial charge in [0.15, 0.2) is 0 Å². The van der Waals surface area contributed by atoms with Crippen LogP contribution in [0.15, 0.2) is 18.2 Å². The molecule has 0 saturated heterocycles. The van der Waals surface area contributed by atoms with Crippen LogP contribution in [0, 0.1) is 11.2 Å². The Bertz CT molecular complexity index is 379. The summed E-state index contributed by atoms with van der Waals surface area (Å²) in [6.07, 6.45) is 6.44. The van der Waals surface area contributed by atoms with Crippen LogP contribution >= 0.6 is 11.6 Å². The van der Waals surface area contributed by atoms with Gasteiger partial charge in [-0.25, -0.2) is 4.39 Å². The molecule has 0 heterocycles. The second-order valence-electron chi connectivity index (χ2n) is 5.36. The second kappa shape index (κ2) is 6.03. The Morgan fingerprint density at radius 3 is 2.67 bits per heavy atom. The summed E-state index contributed by atoms with van der Waals surface area (Å²) in [6, 6.07) is 4.85. The third-order valence-corrected chi connectivity index (χ3v) is 4.63. The average molecular weight is 270 g/mol. The molecule has 1 N–H and O–H groups in total. The zero-order valence-corrected chi connectivity index (χ0v) is 11.7. The first-order valence-electron chi connectivity index (χ1n) is 6.80. The first-order valence-corrected chi connectivity index (χ1v) is 7.18. The van der Waals surface area contributed by atoms with Crippen molar-refractivity contribution in [2.45, 2.75) is 45.6 Å². The molecular weight excluding hydrogens is 249 g/mol. The lowest BCUT2D eigenvalue weighted by atomic mass is 9.83. The van der Waals surface area contributed by atoms with E-state index in [1.54, 1.807) is 12.1 Å². The molecule has 0 radical (unpaired) electrons. The van der Waals surface area contributed by atoms with E-state index in [1.165, 1.54) is 38.2 Å². The first kappa shape index (κ1) is 13.8. The lowest BCUT2D eigenvalue weighted by molar-refractivity contribution is 0.267. The Balaban J connectivity index is 1.92. The lowest BCUT2D eigenvalue weighted by Crippen LogP contribution is -2.31. The fourth-order valence-corrected chi connectivity index (χ4v) is 3.16. The van der Waals surface area contributed by atoms with Crippen LogP contribution in [0.25, 0.3) is 0 Å². The molecule has 100 valence electrons. The molecule has 1 aromatic carbocycles. The van der Waals surface area contributed by atoms with Crippen molar-refractivity contribution in [1.29, 1.82) is 0 Å². The predicted molar refractivity (Wildman–Crippen MR) is 74.3 cm³/mol. The fraction of sp³-hybridized carbons (Fsp3) is 0.600. The van der Waals surface area contributed by atoms with Crippen molar-refractivity contribution in [2.24, 2.45) is 5.41 Å². The molecule has 0 bridgehead atoms. The molecule has 0 amide bonds. The topological polar surface area (TPSA) is 12.0 Å². The van der Waals surface area contributed by atoms with Crippen molar-refractivity contribution in [3.63, 3.8) is 0 Å². The summed E-state index contributed by atoms with van der Waals surface area (Å²) in [5.41, 5.74) is 1.01. The first-order chi connectivity index (χ1) is 8.67. The molecule has 2 rings (SSSR count). The van der Waals surface area contributed by atoms with Gasteiger partial charge in [0.2, 0.25) is 0 Å². The highest BCUT2D eigenvalue weighted by molar-refractivity contribution is 6.31. The van der Waals surface area contributed by atoms with Crippen LogP contribution < -0.4 is 5.32 Å². The largest absolute Gasteiger partial charge is 0.312 e. The van der Waals surface area contributed by atoms with Crippen LogP contribution in [0.2, 0.25) is 5.02 Å². The summed E-state index contributed by atoms with van der Waals surface area (Å²) in [5.74, 6) is -0.216. The Morgan fingerprint density at radius 2 is 2.06 bits per heavy atom. The van der Waals surface area contributed by atoms with Gasteiger partial charge in [0.1, 0.15) is 5.82 Å². The standard InChI is InChI=1S/C15H21ClFN/c1-2-15(8-3-4-9-15)11-18-10-12-13(16)6-5-7-14(12)17/h5-7,18H,2-4,8-11H2,1H3. The van der Waals surface area contributed by atoms with Gasteiger partial charge in [-0.3, -0.25) is 0 Å². The van der Waals surface area contributed by atoms with Gasteiger partial charge in [0, 0.05) is 23.7 Å². The maximum atomic E-state index is 13.6. The van der Waals surface area contributed by atoms with Gasteiger partial charge < -0.3 is 5.32 Å². The van der Waals surface area contributed by atoms with Crippen molar-refractivity contribution >= 4 is 11.6 Å². The number of benzene rings is 1. The van der Waals surface area contributed by atoms with E-state index in [4.69, 9.17) is 11.6 Å². The molecule has 3 heteroatoms. The van der Waals surface area contributed by atoms with Crippen LogP contribution in [0.3, 0.4) is 0 Å². The van der Waals surface area contributed by atoms with Gasteiger partial charge in [0.05, 0.1) is 0 Å². The molecule has 0 atom stereocenters. The minimum absolute atomic E-state index is 0.216. The molecule has 18 heavy (non-hydrogen) atoms. The Morgan fingerprint density at radius 1 is 1.33 bits per heavy atom.